The van der Waals surface area contributed by atoms with Gasteiger partial charge in [-0.3, -0.25) is 4.79 Å². The quantitative estimate of drug-likeness (QED) is 0.546. The number of halogens is 2. The van der Waals surface area contributed by atoms with Gasteiger partial charge < -0.3 is 14.2 Å². The minimum atomic E-state index is -0.0457. The molecule has 0 amide bonds. The van der Waals surface area contributed by atoms with Crippen LogP contribution >= 0.6 is 31.9 Å². The fraction of sp³-hybridized carbons (Fsp3) is 0.235. The molecule has 0 spiro atoms. The molecule has 3 aromatic rings. The molecule has 0 saturated heterocycles. The molecule has 0 atom stereocenters. The van der Waals surface area contributed by atoms with E-state index in [1.54, 1.807) is 0 Å². The summed E-state index contributed by atoms with van der Waals surface area (Å²) in [4.78, 5) is 16.9. The summed E-state index contributed by atoms with van der Waals surface area (Å²) in [6.45, 7) is 0. The lowest BCUT2D eigenvalue weighted by atomic mass is 10.1. The third kappa shape index (κ3) is 2.74. The lowest BCUT2D eigenvalue weighted by Crippen LogP contribution is -2.11. The van der Waals surface area contributed by atoms with Gasteiger partial charge in [-0.2, -0.15) is 0 Å². The minimum Gasteiger partial charge on any atom is -0.456 e. The second-order valence-electron chi connectivity index (χ2n) is 5.82. The lowest BCUT2D eigenvalue weighted by Gasteiger charge is -2.16. The molecule has 4 nitrogen and oxygen atoms in total. The highest BCUT2D eigenvalue weighted by molar-refractivity contribution is 9.11. The molecule has 120 valence electrons. The molecule has 0 radical (unpaired) electrons. The lowest BCUT2D eigenvalue weighted by molar-refractivity contribution is 0.659. The zero-order chi connectivity index (χ0) is 16.9. The Morgan fingerprint density at radius 2 is 1.17 bits per heavy atom. The molecule has 0 bridgehead atoms. The summed E-state index contributed by atoms with van der Waals surface area (Å²) in [7, 11) is 7.81. The summed E-state index contributed by atoms with van der Waals surface area (Å²) in [6, 6.07) is 7.62. The van der Waals surface area contributed by atoms with Gasteiger partial charge in [-0.25, -0.2) is 0 Å². The SMILES string of the molecule is CN(C)c1cc(Br)c2c(=O)c3c(Br)cc(N(C)C)cc3oc2c1. The zero-order valence-electron chi connectivity index (χ0n) is 13.3. The summed E-state index contributed by atoms with van der Waals surface area (Å²) < 4.78 is 7.53. The maximum absolute atomic E-state index is 12.9. The van der Waals surface area contributed by atoms with Crippen LogP contribution in [0, 0.1) is 0 Å². The van der Waals surface area contributed by atoms with Crippen molar-refractivity contribution >= 4 is 65.2 Å². The molecule has 23 heavy (non-hydrogen) atoms. The van der Waals surface area contributed by atoms with Gasteiger partial charge in [0.25, 0.3) is 0 Å². The maximum atomic E-state index is 12.9. The van der Waals surface area contributed by atoms with Crippen LogP contribution in [0.5, 0.6) is 0 Å². The number of anilines is 2. The van der Waals surface area contributed by atoms with Gasteiger partial charge in [0.15, 0.2) is 0 Å². The molecular formula is C17H16Br2N2O2. The van der Waals surface area contributed by atoms with E-state index in [2.05, 4.69) is 31.9 Å². The minimum absolute atomic E-state index is 0.0457. The Hall–Kier alpha value is -1.53. The number of nitrogens with zero attached hydrogens (tertiary/aromatic N) is 2. The van der Waals surface area contributed by atoms with E-state index in [1.807, 2.05) is 62.3 Å². The molecule has 0 aliphatic rings. The molecule has 2 aromatic carbocycles. The van der Waals surface area contributed by atoms with Crippen LogP contribution in [0.25, 0.3) is 21.9 Å². The van der Waals surface area contributed by atoms with Crippen molar-refractivity contribution in [2.24, 2.45) is 0 Å². The maximum Gasteiger partial charge on any atom is 0.202 e. The highest BCUT2D eigenvalue weighted by Gasteiger charge is 2.16. The highest BCUT2D eigenvalue weighted by atomic mass is 79.9. The van der Waals surface area contributed by atoms with E-state index in [0.29, 0.717) is 21.9 Å². The number of fused-ring (bicyclic) bond motifs is 2. The first-order chi connectivity index (χ1) is 10.8. The normalized spacial score (nSPS) is 11.2. The van der Waals surface area contributed by atoms with Crippen molar-refractivity contribution in [3.8, 4) is 0 Å². The predicted octanol–water partition coefficient (Wildman–Crippen LogP) is 4.60. The van der Waals surface area contributed by atoms with Crippen molar-refractivity contribution < 1.29 is 4.42 Å². The van der Waals surface area contributed by atoms with E-state index in [-0.39, 0.29) is 5.43 Å². The topological polar surface area (TPSA) is 36.7 Å². The van der Waals surface area contributed by atoms with Crippen molar-refractivity contribution in [3.63, 3.8) is 0 Å². The second-order valence-corrected chi connectivity index (χ2v) is 7.53. The Labute approximate surface area is 150 Å². The smallest absolute Gasteiger partial charge is 0.202 e. The molecule has 0 aliphatic heterocycles. The van der Waals surface area contributed by atoms with Crippen LogP contribution in [-0.2, 0) is 0 Å². The first-order valence-electron chi connectivity index (χ1n) is 7.04. The van der Waals surface area contributed by atoms with E-state index < -0.39 is 0 Å². The third-order valence-electron chi connectivity index (χ3n) is 3.78. The van der Waals surface area contributed by atoms with Gasteiger partial charge in [0.2, 0.25) is 5.43 Å². The van der Waals surface area contributed by atoms with E-state index >= 15 is 0 Å². The van der Waals surface area contributed by atoms with Gasteiger partial charge >= 0.3 is 0 Å². The molecule has 0 fully saturated rings. The summed E-state index contributed by atoms with van der Waals surface area (Å²) in [6.07, 6.45) is 0. The molecule has 0 saturated carbocycles. The first-order valence-corrected chi connectivity index (χ1v) is 8.62. The van der Waals surface area contributed by atoms with Crippen LogP contribution in [0.1, 0.15) is 0 Å². The first kappa shape index (κ1) is 16.3. The van der Waals surface area contributed by atoms with Crippen LogP contribution in [0.2, 0.25) is 0 Å². The largest absolute Gasteiger partial charge is 0.456 e. The van der Waals surface area contributed by atoms with Gasteiger partial charge in [0.1, 0.15) is 11.2 Å². The van der Waals surface area contributed by atoms with E-state index in [1.165, 1.54) is 0 Å². The van der Waals surface area contributed by atoms with Crippen molar-refractivity contribution in [2.45, 2.75) is 0 Å². The number of benzene rings is 2. The second kappa shape index (κ2) is 5.83. The van der Waals surface area contributed by atoms with Crippen molar-refractivity contribution in [1.82, 2.24) is 0 Å². The molecular weight excluding hydrogens is 424 g/mol. The van der Waals surface area contributed by atoms with E-state index in [4.69, 9.17) is 4.42 Å². The molecule has 6 heteroatoms. The molecule has 0 unspecified atom stereocenters. The van der Waals surface area contributed by atoms with Crippen LogP contribution in [0.4, 0.5) is 11.4 Å². The predicted molar refractivity (Wildman–Crippen MR) is 104 cm³/mol. The van der Waals surface area contributed by atoms with E-state index in [9.17, 15) is 4.79 Å². The van der Waals surface area contributed by atoms with E-state index in [0.717, 1.165) is 20.3 Å². The average molecular weight is 440 g/mol. The third-order valence-corrected chi connectivity index (χ3v) is 5.04. The Bertz CT molecular complexity index is 903. The summed E-state index contributed by atoms with van der Waals surface area (Å²) in [5.74, 6) is 0. The average Bonchev–Trinajstić information content (AvgIpc) is 2.45. The van der Waals surface area contributed by atoms with Crippen molar-refractivity contribution in [1.29, 1.82) is 0 Å². The Morgan fingerprint density at radius 3 is 1.52 bits per heavy atom. The van der Waals surface area contributed by atoms with Gasteiger partial charge in [0.05, 0.1) is 10.8 Å². The number of hydrogen-bond acceptors (Lipinski definition) is 4. The van der Waals surface area contributed by atoms with Crippen LogP contribution < -0.4 is 15.2 Å². The fourth-order valence-electron chi connectivity index (χ4n) is 2.50. The molecule has 3 rings (SSSR count). The number of hydrogen-bond donors (Lipinski definition) is 0. The molecule has 0 aliphatic carbocycles. The van der Waals surface area contributed by atoms with Gasteiger partial charge in [0, 0.05) is 60.6 Å². The summed E-state index contributed by atoms with van der Waals surface area (Å²) >= 11 is 7.01. The van der Waals surface area contributed by atoms with Crippen LogP contribution in [0.15, 0.2) is 42.4 Å². The monoisotopic (exact) mass is 438 g/mol. The summed E-state index contributed by atoms with van der Waals surface area (Å²) in [5.41, 5.74) is 3.03. The standard InChI is InChI=1S/C17H16Br2N2O2/c1-20(2)9-5-11(18)15-13(7-9)23-14-8-10(21(3)4)6-12(19)16(14)17(15)22/h5-8H,1-4H3. The molecule has 0 N–H and O–H groups in total. The summed E-state index contributed by atoms with van der Waals surface area (Å²) in [5, 5.41) is 1.11. The van der Waals surface area contributed by atoms with Gasteiger partial charge in [-0.15, -0.1) is 0 Å². The van der Waals surface area contributed by atoms with Crippen LogP contribution in [-0.4, -0.2) is 28.2 Å². The van der Waals surface area contributed by atoms with Crippen molar-refractivity contribution in [2.75, 3.05) is 38.0 Å². The Kier molecular flexibility index (Phi) is 4.14. The molecule has 1 aromatic heterocycles. The van der Waals surface area contributed by atoms with Crippen LogP contribution in [0.3, 0.4) is 0 Å². The molecule has 1 heterocycles. The highest BCUT2D eigenvalue weighted by Crippen LogP contribution is 2.33. The van der Waals surface area contributed by atoms with Gasteiger partial charge in [-0.1, -0.05) is 0 Å². The Balaban J connectivity index is 2.47. The zero-order valence-corrected chi connectivity index (χ0v) is 16.4. The number of rotatable bonds is 2. The Morgan fingerprint density at radius 1 is 0.783 bits per heavy atom. The van der Waals surface area contributed by atoms with Gasteiger partial charge in [-0.05, 0) is 44.0 Å². The van der Waals surface area contributed by atoms with Crippen molar-refractivity contribution in [3.05, 3.63) is 43.4 Å². The fourth-order valence-corrected chi connectivity index (χ4v) is 3.72.